The quantitative estimate of drug-likeness (QED) is 0.740. The molecule has 0 radical (unpaired) electrons. The fourth-order valence-electron chi connectivity index (χ4n) is 4.85. The van der Waals surface area contributed by atoms with Crippen LogP contribution in [0.4, 0.5) is 0 Å². The van der Waals surface area contributed by atoms with Crippen LogP contribution in [0, 0.1) is 5.92 Å². The number of carbonyl (C=O) groups is 2. The number of nitrogens with one attached hydrogen (secondary N) is 1. The molecule has 1 aliphatic carbocycles. The van der Waals surface area contributed by atoms with Crippen molar-refractivity contribution < 1.29 is 9.59 Å². The van der Waals surface area contributed by atoms with Crippen molar-refractivity contribution in [2.45, 2.75) is 38.3 Å². The fourth-order valence-corrected chi connectivity index (χ4v) is 5.07. The van der Waals surface area contributed by atoms with Crippen molar-refractivity contribution in [1.29, 1.82) is 0 Å². The van der Waals surface area contributed by atoms with Crippen molar-refractivity contribution in [2.75, 3.05) is 26.2 Å². The third-order valence-electron chi connectivity index (χ3n) is 6.52. The first kappa shape index (κ1) is 21.8. The number of nitrogens with zero attached hydrogens (tertiary/aromatic N) is 2. The van der Waals surface area contributed by atoms with Crippen molar-refractivity contribution in [3.8, 4) is 0 Å². The summed E-state index contributed by atoms with van der Waals surface area (Å²) in [5.41, 5.74) is 1.65. The molecule has 1 atom stereocenters. The number of hydrogen-bond donors (Lipinski definition) is 1. The van der Waals surface area contributed by atoms with E-state index in [9.17, 15) is 9.59 Å². The minimum Gasteiger partial charge on any atom is -0.351 e. The van der Waals surface area contributed by atoms with Crippen molar-refractivity contribution >= 4 is 23.4 Å². The van der Waals surface area contributed by atoms with Crippen LogP contribution in [0.2, 0.25) is 5.02 Å². The zero-order valence-corrected chi connectivity index (χ0v) is 18.6. The second kappa shape index (κ2) is 10.3. The van der Waals surface area contributed by atoms with Crippen LogP contribution in [0.1, 0.15) is 41.6 Å². The van der Waals surface area contributed by atoms with E-state index in [4.69, 9.17) is 11.6 Å². The molecule has 2 amide bonds. The normalized spacial score (nSPS) is 18.7. The summed E-state index contributed by atoms with van der Waals surface area (Å²) in [6.45, 7) is 3.18. The number of carbonyl (C=O) groups excluding carboxylic acids is 2. The molecule has 0 aromatic heterocycles. The number of benzene rings is 2. The molecule has 2 aromatic rings. The molecule has 0 spiro atoms. The maximum atomic E-state index is 13.2. The zero-order chi connectivity index (χ0) is 21.6. The predicted octanol–water partition coefficient (Wildman–Crippen LogP) is 3.97. The number of piperazine rings is 1. The van der Waals surface area contributed by atoms with Gasteiger partial charge in [0.2, 0.25) is 5.91 Å². The molecule has 1 unspecified atom stereocenters. The molecule has 2 fully saturated rings. The molecule has 4 rings (SSSR count). The highest BCUT2D eigenvalue weighted by Crippen LogP contribution is 2.31. The summed E-state index contributed by atoms with van der Waals surface area (Å²) >= 11 is 6.22. The van der Waals surface area contributed by atoms with E-state index in [0.717, 1.165) is 18.4 Å². The summed E-state index contributed by atoms with van der Waals surface area (Å²) in [7, 11) is 0. The first-order chi connectivity index (χ1) is 15.1. The van der Waals surface area contributed by atoms with Crippen molar-refractivity contribution in [1.82, 2.24) is 15.1 Å². The predicted molar refractivity (Wildman–Crippen MR) is 123 cm³/mol. The first-order valence-corrected chi connectivity index (χ1v) is 11.6. The SMILES string of the molecule is O=C(NCc1ccccc1)C(C1CCCC1)N1CCN(C(=O)c2ccccc2Cl)CC1. The van der Waals surface area contributed by atoms with Crippen LogP contribution in [0.25, 0.3) is 0 Å². The third-order valence-corrected chi connectivity index (χ3v) is 6.85. The Balaban J connectivity index is 1.39. The highest BCUT2D eigenvalue weighted by Gasteiger charge is 2.37. The minimum atomic E-state index is -0.122. The second-order valence-corrected chi connectivity index (χ2v) is 8.91. The van der Waals surface area contributed by atoms with Crippen LogP contribution >= 0.6 is 11.6 Å². The highest BCUT2D eigenvalue weighted by atomic mass is 35.5. The number of amides is 2. The van der Waals surface area contributed by atoms with Crippen molar-refractivity contribution in [3.05, 3.63) is 70.7 Å². The van der Waals surface area contributed by atoms with Gasteiger partial charge in [0.05, 0.1) is 16.6 Å². The minimum absolute atomic E-state index is 0.0313. The Morgan fingerprint density at radius 3 is 2.26 bits per heavy atom. The average molecular weight is 440 g/mol. The van der Waals surface area contributed by atoms with Gasteiger partial charge >= 0.3 is 0 Å². The molecule has 2 aromatic carbocycles. The van der Waals surface area contributed by atoms with Gasteiger partial charge in [0.1, 0.15) is 0 Å². The molecule has 1 aliphatic heterocycles. The Morgan fingerprint density at radius 1 is 0.935 bits per heavy atom. The lowest BCUT2D eigenvalue weighted by molar-refractivity contribution is -0.129. The molecular formula is C25H30ClN3O2. The van der Waals surface area contributed by atoms with Gasteiger partial charge in [0.25, 0.3) is 5.91 Å². The smallest absolute Gasteiger partial charge is 0.255 e. The van der Waals surface area contributed by atoms with Gasteiger partial charge in [-0.1, -0.05) is 66.9 Å². The largest absolute Gasteiger partial charge is 0.351 e. The van der Waals surface area contributed by atoms with E-state index >= 15 is 0 Å². The van der Waals surface area contributed by atoms with E-state index < -0.39 is 0 Å². The molecule has 6 heteroatoms. The molecule has 0 bridgehead atoms. The van der Waals surface area contributed by atoms with Crippen LogP contribution in [-0.2, 0) is 11.3 Å². The van der Waals surface area contributed by atoms with Gasteiger partial charge in [-0.3, -0.25) is 14.5 Å². The summed E-state index contributed by atoms with van der Waals surface area (Å²) in [6.07, 6.45) is 4.58. The molecule has 1 heterocycles. The van der Waals surface area contributed by atoms with Crippen LogP contribution < -0.4 is 5.32 Å². The van der Waals surface area contributed by atoms with Crippen LogP contribution in [0.3, 0.4) is 0 Å². The maximum absolute atomic E-state index is 13.2. The van der Waals surface area contributed by atoms with Gasteiger partial charge < -0.3 is 10.2 Å². The van der Waals surface area contributed by atoms with E-state index in [1.165, 1.54) is 12.8 Å². The van der Waals surface area contributed by atoms with E-state index in [1.807, 2.05) is 47.4 Å². The molecule has 31 heavy (non-hydrogen) atoms. The molecule has 1 saturated heterocycles. The van der Waals surface area contributed by atoms with Gasteiger partial charge in [-0.15, -0.1) is 0 Å². The van der Waals surface area contributed by atoms with Gasteiger partial charge in [0.15, 0.2) is 0 Å². The Hall–Kier alpha value is -2.37. The summed E-state index contributed by atoms with van der Waals surface area (Å²) in [4.78, 5) is 30.3. The second-order valence-electron chi connectivity index (χ2n) is 8.50. The fraction of sp³-hybridized carbons (Fsp3) is 0.440. The van der Waals surface area contributed by atoms with E-state index in [0.29, 0.717) is 49.2 Å². The van der Waals surface area contributed by atoms with Gasteiger partial charge in [-0.2, -0.15) is 0 Å². The topological polar surface area (TPSA) is 52.7 Å². The van der Waals surface area contributed by atoms with Gasteiger partial charge in [-0.25, -0.2) is 0 Å². The average Bonchev–Trinajstić information content (AvgIpc) is 3.33. The standard InChI is InChI=1S/C25H30ClN3O2/c26-22-13-7-6-12-21(22)25(31)29-16-14-28(15-17-29)23(20-10-4-5-11-20)24(30)27-18-19-8-2-1-3-9-19/h1-3,6-9,12-13,20,23H,4-5,10-11,14-18H2,(H,27,30). The lowest BCUT2D eigenvalue weighted by Gasteiger charge is -2.40. The molecule has 1 N–H and O–H groups in total. The van der Waals surface area contributed by atoms with Crippen LogP contribution in [0.5, 0.6) is 0 Å². The van der Waals surface area contributed by atoms with E-state index in [2.05, 4.69) is 10.2 Å². The van der Waals surface area contributed by atoms with E-state index in [1.54, 1.807) is 12.1 Å². The monoisotopic (exact) mass is 439 g/mol. The molecule has 5 nitrogen and oxygen atoms in total. The summed E-state index contributed by atoms with van der Waals surface area (Å²) in [5.74, 6) is 0.472. The Labute approximate surface area is 189 Å². The van der Waals surface area contributed by atoms with Gasteiger partial charge in [-0.05, 0) is 36.5 Å². The lowest BCUT2D eigenvalue weighted by atomic mass is 9.94. The Bertz CT molecular complexity index is 891. The Kier molecular flexibility index (Phi) is 7.25. The molecule has 2 aliphatic rings. The number of halogens is 1. The van der Waals surface area contributed by atoms with Crippen molar-refractivity contribution in [2.24, 2.45) is 5.92 Å². The molecular weight excluding hydrogens is 410 g/mol. The van der Waals surface area contributed by atoms with Crippen LogP contribution in [0.15, 0.2) is 54.6 Å². The summed E-state index contributed by atoms with van der Waals surface area (Å²) in [5, 5.41) is 3.65. The summed E-state index contributed by atoms with van der Waals surface area (Å²) < 4.78 is 0. The maximum Gasteiger partial charge on any atom is 0.255 e. The van der Waals surface area contributed by atoms with Gasteiger partial charge in [0, 0.05) is 32.7 Å². The molecule has 1 saturated carbocycles. The lowest BCUT2D eigenvalue weighted by Crippen LogP contribution is -2.57. The summed E-state index contributed by atoms with van der Waals surface area (Å²) in [6, 6.07) is 17.1. The molecule has 164 valence electrons. The number of hydrogen-bond acceptors (Lipinski definition) is 3. The highest BCUT2D eigenvalue weighted by molar-refractivity contribution is 6.33. The Morgan fingerprint density at radius 2 is 1.58 bits per heavy atom. The van der Waals surface area contributed by atoms with Crippen LogP contribution in [-0.4, -0.2) is 53.8 Å². The third kappa shape index (κ3) is 5.28. The van der Waals surface area contributed by atoms with E-state index in [-0.39, 0.29) is 17.9 Å². The zero-order valence-electron chi connectivity index (χ0n) is 17.8. The number of rotatable bonds is 6. The van der Waals surface area contributed by atoms with Crippen molar-refractivity contribution in [3.63, 3.8) is 0 Å². The first-order valence-electron chi connectivity index (χ1n) is 11.2.